The lowest BCUT2D eigenvalue weighted by Gasteiger charge is -2.36. The topological polar surface area (TPSA) is 101 Å². The third-order valence-corrected chi connectivity index (χ3v) is 5.61. The Labute approximate surface area is 207 Å². The highest BCUT2D eigenvalue weighted by atomic mass is 127. The predicted octanol–water partition coefficient (Wildman–Crippen LogP) is 0.946. The largest absolute Gasteiger partial charge is 0.508 e. The van der Waals surface area contributed by atoms with E-state index in [2.05, 4.69) is 25.4 Å². The quantitative estimate of drug-likeness (QED) is 0.200. The minimum Gasteiger partial charge on any atom is -0.508 e. The average Bonchev–Trinajstić information content (AvgIpc) is 3.32. The molecule has 0 spiro atoms. The molecule has 178 valence electrons. The van der Waals surface area contributed by atoms with Gasteiger partial charge in [0.2, 0.25) is 5.91 Å². The SMILES string of the molecule is CCNC(=NCCNC(=O)c1ccc(O)cc1)N1CCN(CC(=O)N2CCCC2)CC1.I. The van der Waals surface area contributed by atoms with E-state index in [4.69, 9.17) is 0 Å². The van der Waals surface area contributed by atoms with Gasteiger partial charge in [-0.25, -0.2) is 0 Å². The molecule has 0 aliphatic carbocycles. The molecule has 0 bridgehead atoms. The molecule has 3 rings (SSSR count). The molecule has 2 amide bonds. The molecule has 2 fully saturated rings. The van der Waals surface area contributed by atoms with Crippen LogP contribution in [-0.2, 0) is 4.79 Å². The van der Waals surface area contributed by atoms with Crippen LogP contribution in [0.1, 0.15) is 30.1 Å². The Bertz CT molecular complexity index is 759. The third kappa shape index (κ3) is 7.80. The summed E-state index contributed by atoms with van der Waals surface area (Å²) in [5.41, 5.74) is 0.508. The number of carbonyl (C=O) groups excluding carboxylic acids is 2. The fourth-order valence-corrected chi connectivity index (χ4v) is 3.85. The van der Waals surface area contributed by atoms with Gasteiger partial charge in [0.1, 0.15) is 5.75 Å². The van der Waals surface area contributed by atoms with Gasteiger partial charge in [-0.2, -0.15) is 0 Å². The average molecular weight is 558 g/mol. The predicted molar refractivity (Wildman–Crippen MR) is 136 cm³/mol. The number of nitrogens with zero attached hydrogens (tertiary/aromatic N) is 4. The smallest absolute Gasteiger partial charge is 0.251 e. The highest BCUT2D eigenvalue weighted by molar-refractivity contribution is 14.0. The number of nitrogens with one attached hydrogen (secondary N) is 2. The van der Waals surface area contributed by atoms with Gasteiger partial charge >= 0.3 is 0 Å². The number of aromatic hydroxyl groups is 1. The van der Waals surface area contributed by atoms with Gasteiger partial charge < -0.3 is 25.5 Å². The first-order chi connectivity index (χ1) is 15.1. The van der Waals surface area contributed by atoms with Crippen LogP contribution in [0.4, 0.5) is 0 Å². The summed E-state index contributed by atoms with van der Waals surface area (Å²) < 4.78 is 0. The van der Waals surface area contributed by atoms with E-state index in [1.807, 2.05) is 11.8 Å². The lowest BCUT2D eigenvalue weighted by atomic mass is 10.2. The molecular weight excluding hydrogens is 523 g/mol. The fraction of sp³-hybridized carbons (Fsp3) is 0.591. The lowest BCUT2D eigenvalue weighted by molar-refractivity contribution is -0.131. The lowest BCUT2D eigenvalue weighted by Crippen LogP contribution is -2.54. The number of rotatable bonds is 7. The van der Waals surface area contributed by atoms with Crippen LogP contribution in [0.5, 0.6) is 5.75 Å². The Morgan fingerprint density at radius 1 is 0.969 bits per heavy atom. The molecule has 0 atom stereocenters. The number of guanidine groups is 1. The number of phenols is 1. The molecule has 2 aliphatic heterocycles. The van der Waals surface area contributed by atoms with Crippen molar-refractivity contribution in [3.8, 4) is 5.75 Å². The van der Waals surface area contributed by atoms with E-state index < -0.39 is 0 Å². The van der Waals surface area contributed by atoms with Crippen molar-refractivity contribution in [1.29, 1.82) is 0 Å². The molecular formula is C22H35IN6O3. The van der Waals surface area contributed by atoms with E-state index in [1.165, 1.54) is 12.1 Å². The van der Waals surface area contributed by atoms with Crippen molar-refractivity contribution in [2.24, 2.45) is 4.99 Å². The Hall–Kier alpha value is -2.08. The van der Waals surface area contributed by atoms with Gasteiger partial charge in [-0.1, -0.05) is 0 Å². The van der Waals surface area contributed by atoms with E-state index in [1.54, 1.807) is 12.1 Å². The Morgan fingerprint density at radius 3 is 2.25 bits per heavy atom. The molecule has 0 radical (unpaired) electrons. The Kier molecular flexibility index (Phi) is 11.0. The molecule has 2 heterocycles. The van der Waals surface area contributed by atoms with Crippen LogP contribution in [0.2, 0.25) is 0 Å². The Morgan fingerprint density at radius 2 is 1.62 bits per heavy atom. The zero-order chi connectivity index (χ0) is 22.1. The second kappa shape index (κ2) is 13.5. The number of hydrogen-bond donors (Lipinski definition) is 3. The van der Waals surface area contributed by atoms with E-state index in [-0.39, 0.29) is 41.5 Å². The maximum Gasteiger partial charge on any atom is 0.251 e. The van der Waals surface area contributed by atoms with Crippen molar-refractivity contribution in [3.63, 3.8) is 0 Å². The van der Waals surface area contributed by atoms with Gasteiger partial charge in [-0.3, -0.25) is 19.5 Å². The van der Waals surface area contributed by atoms with Crippen molar-refractivity contribution >= 4 is 41.8 Å². The van der Waals surface area contributed by atoms with Gasteiger partial charge in [0.25, 0.3) is 5.91 Å². The number of benzene rings is 1. The fourth-order valence-electron chi connectivity index (χ4n) is 3.85. The summed E-state index contributed by atoms with van der Waals surface area (Å²) in [4.78, 5) is 35.6. The first kappa shape index (κ1) is 26.2. The summed E-state index contributed by atoms with van der Waals surface area (Å²) >= 11 is 0. The molecule has 2 aliphatic rings. The molecule has 0 saturated carbocycles. The minimum absolute atomic E-state index is 0. The monoisotopic (exact) mass is 558 g/mol. The van der Waals surface area contributed by atoms with E-state index in [0.717, 1.165) is 64.6 Å². The molecule has 2 saturated heterocycles. The van der Waals surface area contributed by atoms with Crippen molar-refractivity contribution in [2.45, 2.75) is 19.8 Å². The number of hydrogen-bond acceptors (Lipinski definition) is 5. The molecule has 32 heavy (non-hydrogen) atoms. The maximum absolute atomic E-state index is 12.4. The van der Waals surface area contributed by atoms with Crippen LogP contribution in [0.25, 0.3) is 0 Å². The standard InChI is InChI=1S/C22H34N6O3.HI/c1-2-23-22(25-10-9-24-21(31)18-5-7-19(29)8-6-18)28-15-13-26(14-16-28)17-20(30)27-11-3-4-12-27;/h5-8,29H,2-4,9-17H2,1H3,(H,23,25)(H,24,31);1H. The highest BCUT2D eigenvalue weighted by Crippen LogP contribution is 2.10. The zero-order valence-corrected chi connectivity index (χ0v) is 21.1. The molecule has 1 aromatic carbocycles. The number of phenolic OH excluding ortho intramolecular Hbond substituents is 1. The number of aliphatic imine (C=N–C) groups is 1. The van der Waals surface area contributed by atoms with Crippen LogP contribution < -0.4 is 10.6 Å². The minimum atomic E-state index is -0.184. The van der Waals surface area contributed by atoms with E-state index in [9.17, 15) is 14.7 Å². The third-order valence-electron chi connectivity index (χ3n) is 5.61. The van der Waals surface area contributed by atoms with Gasteiger partial charge in [0, 0.05) is 57.9 Å². The summed E-state index contributed by atoms with van der Waals surface area (Å²) in [5.74, 6) is 1.04. The maximum atomic E-state index is 12.4. The number of halogens is 1. The van der Waals surface area contributed by atoms with Gasteiger partial charge in [0.05, 0.1) is 13.1 Å². The van der Waals surface area contributed by atoms with Crippen molar-refractivity contribution in [2.75, 3.05) is 65.4 Å². The summed E-state index contributed by atoms with van der Waals surface area (Å²) in [6.45, 7) is 9.32. The number of piperazine rings is 1. The first-order valence-electron chi connectivity index (χ1n) is 11.2. The van der Waals surface area contributed by atoms with Crippen molar-refractivity contribution in [3.05, 3.63) is 29.8 Å². The molecule has 9 nitrogen and oxygen atoms in total. The molecule has 0 unspecified atom stereocenters. The van der Waals surface area contributed by atoms with E-state index in [0.29, 0.717) is 25.2 Å². The number of carbonyl (C=O) groups is 2. The van der Waals surface area contributed by atoms with E-state index >= 15 is 0 Å². The highest BCUT2D eigenvalue weighted by Gasteiger charge is 2.24. The molecule has 3 N–H and O–H groups in total. The molecule has 10 heteroatoms. The normalized spacial score (nSPS) is 17.1. The summed E-state index contributed by atoms with van der Waals surface area (Å²) in [7, 11) is 0. The van der Waals surface area contributed by atoms with Crippen LogP contribution in [0, 0.1) is 0 Å². The van der Waals surface area contributed by atoms with Gasteiger partial charge in [-0.05, 0) is 44.0 Å². The van der Waals surface area contributed by atoms with Gasteiger partial charge in [0.15, 0.2) is 5.96 Å². The van der Waals surface area contributed by atoms with Gasteiger partial charge in [-0.15, -0.1) is 24.0 Å². The van der Waals surface area contributed by atoms with Crippen molar-refractivity contribution in [1.82, 2.24) is 25.3 Å². The number of likely N-dealkylation sites (tertiary alicyclic amines) is 1. The summed E-state index contributed by atoms with van der Waals surface area (Å²) in [6, 6.07) is 6.17. The van der Waals surface area contributed by atoms with Crippen LogP contribution in [0.15, 0.2) is 29.3 Å². The second-order valence-electron chi connectivity index (χ2n) is 7.89. The second-order valence-corrected chi connectivity index (χ2v) is 7.89. The number of amides is 2. The Balaban J connectivity index is 0.00000363. The van der Waals surface area contributed by atoms with Crippen LogP contribution in [0.3, 0.4) is 0 Å². The van der Waals surface area contributed by atoms with Crippen LogP contribution in [-0.4, -0.2) is 103 Å². The van der Waals surface area contributed by atoms with Crippen LogP contribution >= 0.6 is 24.0 Å². The first-order valence-corrected chi connectivity index (χ1v) is 11.2. The summed E-state index contributed by atoms with van der Waals surface area (Å²) in [6.07, 6.45) is 2.24. The molecule has 1 aromatic rings. The molecule has 0 aromatic heterocycles. The summed E-state index contributed by atoms with van der Waals surface area (Å²) in [5, 5.41) is 15.5. The zero-order valence-electron chi connectivity index (χ0n) is 18.8. The van der Waals surface area contributed by atoms with Crippen molar-refractivity contribution < 1.29 is 14.7 Å².